The molecule has 1 heterocycles. The van der Waals surface area contributed by atoms with E-state index in [-0.39, 0.29) is 16.7 Å². The van der Waals surface area contributed by atoms with E-state index in [0.29, 0.717) is 0 Å². The average Bonchev–Trinajstić information content (AvgIpc) is 2.62. The van der Waals surface area contributed by atoms with Crippen molar-refractivity contribution in [1.82, 2.24) is 0 Å². The van der Waals surface area contributed by atoms with Gasteiger partial charge in [0.25, 0.3) is 0 Å². The van der Waals surface area contributed by atoms with Crippen LogP contribution >= 0.6 is 0 Å². The van der Waals surface area contributed by atoms with E-state index >= 15 is 0 Å². The first-order chi connectivity index (χ1) is 10.2. The molecule has 1 aliphatic rings. The molecule has 0 spiro atoms. The van der Waals surface area contributed by atoms with Gasteiger partial charge in [-0.15, -0.1) is 13.2 Å². The fourth-order valence-corrected chi connectivity index (χ4v) is 2.33. The third-order valence-corrected chi connectivity index (χ3v) is 3.53. The van der Waals surface area contributed by atoms with Crippen LogP contribution in [0.2, 0.25) is 0 Å². The fourth-order valence-electron chi connectivity index (χ4n) is 2.33. The van der Waals surface area contributed by atoms with E-state index in [4.69, 9.17) is 0 Å². The first-order valence-corrected chi connectivity index (χ1v) is 8.11. The maximum Gasteiger partial charge on any atom is 0.0481 e. The molecule has 1 rings (SSSR count). The summed E-state index contributed by atoms with van der Waals surface area (Å²) in [7, 11) is 0. The van der Waals surface area contributed by atoms with Crippen LogP contribution in [0.1, 0.15) is 48.5 Å². The quantitative estimate of drug-likeness (QED) is 0.512. The first-order valence-electron chi connectivity index (χ1n) is 8.11. The summed E-state index contributed by atoms with van der Waals surface area (Å²) < 4.78 is 0. The van der Waals surface area contributed by atoms with E-state index in [0.717, 1.165) is 5.70 Å². The topological polar surface area (TPSA) is 12.4 Å². The predicted octanol–water partition coefficient (Wildman–Crippen LogP) is 6.52. The Kier molecular flexibility index (Phi) is 8.08. The average molecular weight is 300 g/mol. The van der Waals surface area contributed by atoms with Crippen LogP contribution < -0.4 is 0 Å². The Morgan fingerprint density at radius 2 is 1.86 bits per heavy atom. The summed E-state index contributed by atoms with van der Waals surface area (Å²) in [4.78, 5) is 4.58. The lowest BCUT2D eigenvalue weighted by Crippen LogP contribution is -2.10. The molecular weight excluding hydrogens is 266 g/mol. The summed E-state index contributed by atoms with van der Waals surface area (Å²) in [5, 5.41) is 0. The number of nitrogens with zero attached hydrogens (tertiary/aromatic N) is 1. The largest absolute Gasteiger partial charge is 0.261 e. The van der Waals surface area contributed by atoms with Crippen molar-refractivity contribution in [2.24, 2.45) is 21.7 Å². The molecule has 1 unspecified atom stereocenters. The van der Waals surface area contributed by atoms with E-state index in [1.165, 1.54) is 5.57 Å². The molecule has 0 saturated carbocycles. The smallest absolute Gasteiger partial charge is 0.0481 e. The molecule has 1 nitrogen and oxygen atoms in total. The molecule has 0 N–H and O–H groups in total. The van der Waals surface area contributed by atoms with Crippen molar-refractivity contribution in [3.05, 3.63) is 60.9 Å². The van der Waals surface area contributed by atoms with Crippen molar-refractivity contribution in [2.75, 3.05) is 0 Å². The highest BCUT2D eigenvalue weighted by molar-refractivity contribution is 5.73. The van der Waals surface area contributed by atoms with Crippen LogP contribution in [0.4, 0.5) is 0 Å². The molecule has 22 heavy (non-hydrogen) atoms. The van der Waals surface area contributed by atoms with E-state index < -0.39 is 0 Å². The number of aliphatic imine (C=N–C) groups is 1. The lowest BCUT2D eigenvalue weighted by molar-refractivity contribution is 0.604. The molecule has 0 aromatic rings. The second-order valence-electron chi connectivity index (χ2n) is 6.66. The second kappa shape index (κ2) is 8.73. The SMILES string of the molecule is C=CC(C(C)=CC(C)(C)C=C)C1=CC(C)(C)C=CC=N1.CC. The van der Waals surface area contributed by atoms with Gasteiger partial charge in [-0.2, -0.15) is 0 Å². The molecule has 0 fully saturated rings. The number of hydrogen-bond acceptors (Lipinski definition) is 1. The van der Waals surface area contributed by atoms with Crippen molar-refractivity contribution in [3.8, 4) is 0 Å². The zero-order chi connectivity index (χ0) is 17.4. The second-order valence-corrected chi connectivity index (χ2v) is 6.66. The number of hydrogen-bond donors (Lipinski definition) is 0. The summed E-state index contributed by atoms with van der Waals surface area (Å²) in [6.07, 6.45) is 14.4. The lowest BCUT2D eigenvalue weighted by Gasteiger charge is -2.22. The Balaban J connectivity index is 0.00000211. The maximum atomic E-state index is 4.58. The van der Waals surface area contributed by atoms with Gasteiger partial charge in [-0.1, -0.05) is 77.5 Å². The van der Waals surface area contributed by atoms with Gasteiger partial charge in [-0.05, 0) is 13.0 Å². The fraction of sp³-hybridized carbons (Fsp3) is 0.476. The number of allylic oxidation sites excluding steroid dienone is 6. The third-order valence-electron chi connectivity index (χ3n) is 3.53. The summed E-state index contributed by atoms with van der Waals surface area (Å²) >= 11 is 0. The minimum Gasteiger partial charge on any atom is -0.261 e. The van der Waals surface area contributed by atoms with Crippen LogP contribution in [-0.4, -0.2) is 6.21 Å². The maximum absolute atomic E-state index is 4.58. The highest BCUT2D eigenvalue weighted by Crippen LogP contribution is 2.32. The first kappa shape index (κ1) is 20.4. The normalized spacial score (nSPS) is 18.5. The van der Waals surface area contributed by atoms with Gasteiger partial charge < -0.3 is 0 Å². The van der Waals surface area contributed by atoms with E-state index in [9.17, 15) is 0 Å². The molecule has 0 aliphatic carbocycles. The highest BCUT2D eigenvalue weighted by Gasteiger charge is 2.20. The Morgan fingerprint density at radius 3 is 2.36 bits per heavy atom. The van der Waals surface area contributed by atoms with Crippen molar-refractivity contribution < 1.29 is 0 Å². The summed E-state index contributed by atoms with van der Waals surface area (Å²) in [6, 6.07) is 0. The molecule has 122 valence electrons. The minimum atomic E-state index is -0.0197. The molecule has 0 aromatic heterocycles. The Hall–Kier alpha value is -1.63. The predicted molar refractivity (Wildman–Crippen MR) is 102 cm³/mol. The minimum absolute atomic E-state index is 0.0152. The van der Waals surface area contributed by atoms with Gasteiger partial charge in [-0.3, -0.25) is 4.99 Å². The van der Waals surface area contributed by atoms with Gasteiger partial charge in [-0.25, -0.2) is 0 Å². The number of rotatable bonds is 5. The Labute approximate surface area is 137 Å². The molecule has 0 radical (unpaired) electrons. The van der Waals surface area contributed by atoms with Crippen molar-refractivity contribution in [1.29, 1.82) is 0 Å². The van der Waals surface area contributed by atoms with Crippen molar-refractivity contribution in [2.45, 2.75) is 48.5 Å². The Bertz CT molecular complexity index is 496. The van der Waals surface area contributed by atoms with Gasteiger partial charge in [0.1, 0.15) is 0 Å². The summed E-state index contributed by atoms with van der Waals surface area (Å²) in [5.41, 5.74) is 2.31. The molecule has 0 bridgehead atoms. The molecule has 1 aliphatic heterocycles. The van der Waals surface area contributed by atoms with Gasteiger partial charge >= 0.3 is 0 Å². The van der Waals surface area contributed by atoms with Crippen LogP contribution in [0.5, 0.6) is 0 Å². The third kappa shape index (κ3) is 6.43. The van der Waals surface area contributed by atoms with E-state index in [1.807, 2.05) is 38.3 Å². The van der Waals surface area contributed by atoms with Crippen molar-refractivity contribution >= 4 is 6.21 Å². The monoisotopic (exact) mass is 299 g/mol. The molecule has 0 aromatic carbocycles. The highest BCUT2D eigenvalue weighted by atomic mass is 14.7. The van der Waals surface area contributed by atoms with Crippen LogP contribution in [0.25, 0.3) is 0 Å². The van der Waals surface area contributed by atoms with Gasteiger partial charge in [0, 0.05) is 28.7 Å². The van der Waals surface area contributed by atoms with Gasteiger partial charge in [0.05, 0.1) is 0 Å². The van der Waals surface area contributed by atoms with Crippen molar-refractivity contribution in [3.63, 3.8) is 0 Å². The zero-order valence-corrected chi connectivity index (χ0v) is 15.5. The molecule has 1 atom stereocenters. The zero-order valence-electron chi connectivity index (χ0n) is 15.5. The van der Waals surface area contributed by atoms with Crippen LogP contribution in [0, 0.1) is 16.7 Å². The van der Waals surface area contributed by atoms with Gasteiger partial charge in [0.2, 0.25) is 0 Å². The molecule has 0 saturated heterocycles. The summed E-state index contributed by atoms with van der Waals surface area (Å²) in [6.45, 7) is 22.7. The molecular formula is C21H33N. The van der Waals surface area contributed by atoms with E-state index in [1.54, 1.807) is 0 Å². The summed E-state index contributed by atoms with van der Waals surface area (Å²) in [5.74, 6) is 0.143. The molecule has 1 heteroatoms. The van der Waals surface area contributed by atoms with Crippen LogP contribution in [0.3, 0.4) is 0 Å². The standard InChI is InChI=1S/C19H27N.C2H6/c1-8-16(15(3)13-18(4,5)9-2)17-14-19(6,7)11-10-12-20-17;1-2/h8-14,16H,1-2H2,3-7H3;1-2H3. The van der Waals surface area contributed by atoms with Crippen LogP contribution in [0.15, 0.2) is 65.9 Å². The van der Waals surface area contributed by atoms with Gasteiger partial charge in [0.15, 0.2) is 0 Å². The van der Waals surface area contributed by atoms with Crippen LogP contribution in [-0.2, 0) is 0 Å². The molecule has 0 amide bonds. The van der Waals surface area contributed by atoms with E-state index in [2.05, 4.69) is 71.0 Å². The Morgan fingerprint density at radius 1 is 1.27 bits per heavy atom. The lowest BCUT2D eigenvalue weighted by atomic mass is 9.84.